The molecule has 1 spiro atoms. The Bertz CT molecular complexity index is 2870. The second-order valence-corrected chi connectivity index (χ2v) is 30.3. The average Bonchev–Trinajstić information content (AvgIpc) is 1.53. The molecule has 10 rings (SSSR count). The summed E-state index contributed by atoms with van der Waals surface area (Å²) in [6, 6.07) is 0. The van der Waals surface area contributed by atoms with Gasteiger partial charge in [0.25, 0.3) is 0 Å². The van der Waals surface area contributed by atoms with E-state index in [0.29, 0.717) is 44.4 Å². The topological polar surface area (TPSA) is 454 Å². The average molecular weight is 1350 g/mol. The maximum absolute atomic E-state index is 14.5. The fourth-order valence-electron chi connectivity index (χ4n) is 17.2. The summed E-state index contributed by atoms with van der Waals surface area (Å²) in [6.45, 7) is 13.0. The molecule has 0 bridgehead atoms. The molecule has 0 aromatic rings. The zero-order valence-electron chi connectivity index (χ0n) is 52.3. The van der Waals surface area contributed by atoms with Crippen LogP contribution < -0.4 is 0 Å². The highest BCUT2D eigenvalue weighted by Gasteiger charge is 2.79. The number of aliphatic hydroxyl groups is 9. The number of carbonyl (C=O) groups excluding carboxylic acids is 2. The summed E-state index contributed by atoms with van der Waals surface area (Å²) in [7, 11) is -9.25. The Morgan fingerprint density at radius 1 is 0.648 bits per heavy atom. The van der Waals surface area contributed by atoms with Crippen molar-refractivity contribution >= 4 is 32.6 Å². The first-order chi connectivity index (χ1) is 42.4. The summed E-state index contributed by atoms with van der Waals surface area (Å²) < 4.78 is 148. The summed E-state index contributed by atoms with van der Waals surface area (Å²) in [5.41, 5.74) is -2.68. The molecule has 31 nitrogen and oxygen atoms in total. The number of aliphatic hydroxyl groups excluding tert-OH is 9. The van der Waals surface area contributed by atoms with Crippen molar-refractivity contribution in [2.75, 3.05) is 33.5 Å². The number of ether oxygens (including phenoxy) is 12. The molecule has 30 unspecified atom stereocenters. The summed E-state index contributed by atoms with van der Waals surface area (Å²) in [5, 5.41) is 101. The predicted molar refractivity (Wildman–Crippen MR) is 302 cm³/mol. The van der Waals surface area contributed by atoms with Gasteiger partial charge in [-0.2, -0.15) is 16.8 Å². The van der Waals surface area contributed by atoms with Crippen molar-refractivity contribution in [3.8, 4) is 0 Å². The van der Waals surface area contributed by atoms with Gasteiger partial charge in [-0.3, -0.25) is 18.7 Å². The predicted octanol–water partition coefficient (Wildman–Crippen LogP) is -1.37. The maximum atomic E-state index is 14.5. The third-order valence-electron chi connectivity index (χ3n) is 21.8. The fourth-order valence-corrected chi connectivity index (χ4v) is 18.0. The third kappa shape index (κ3) is 13.3. The van der Waals surface area contributed by atoms with Crippen molar-refractivity contribution in [1.29, 1.82) is 0 Å². The monoisotopic (exact) mass is 1350 g/mol. The van der Waals surface area contributed by atoms with E-state index in [1.807, 2.05) is 20.8 Å². The smallest absolute Gasteiger partial charge is 0.397 e. The lowest BCUT2D eigenvalue weighted by Gasteiger charge is -2.63. The van der Waals surface area contributed by atoms with E-state index >= 15 is 0 Å². The Kier molecular flexibility index (Phi) is 20.9. The molecule has 6 heterocycles. The number of carbonyl (C=O) groups is 2. The Morgan fingerprint density at radius 2 is 1.26 bits per heavy atom. The van der Waals surface area contributed by atoms with Crippen LogP contribution in [-0.2, 0) is 95.6 Å². The molecule has 0 amide bonds. The van der Waals surface area contributed by atoms with Crippen molar-refractivity contribution in [1.82, 2.24) is 0 Å². The molecule has 6 aliphatic heterocycles. The van der Waals surface area contributed by atoms with Gasteiger partial charge in [-0.25, -0.2) is 8.37 Å². The van der Waals surface area contributed by atoms with Gasteiger partial charge in [0.05, 0.1) is 50.0 Å². The van der Waals surface area contributed by atoms with E-state index in [1.165, 1.54) is 6.92 Å². The van der Waals surface area contributed by atoms with Gasteiger partial charge in [-0.1, -0.05) is 59.6 Å². The van der Waals surface area contributed by atoms with Crippen LogP contribution in [0.1, 0.15) is 113 Å². The molecule has 3 saturated carbocycles. The molecule has 11 N–H and O–H groups in total. The van der Waals surface area contributed by atoms with E-state index in [-0.39, 0.29) is 35.4 Å². The number of ketones is 1. The van der Waals surface area contributed by atoms with Gasteiger partial charge in [-0.05, 0) is 87.4 Å². The molecule has 10 aliphatic rings. The Morgan fingerprint density at radius 3 is 1.92 bits per heavy atom. The summed E-state index contributed by atoms with van der Waals surface area (Å²) in [6.07, 6.45) is -33.0. The Balaban J connectivity index is 0.891. The standard InChI is InChI=1S/C58H92O31S2/c1-24(2)11-10-16-57(8)47-28(59)19-56(7)27-12-13-33-54(4,5)34(15-17-55(33,6)26(27)14-18-58(47,56)53(69)88-57)83-51-45(37(64)32(22-79-51)89-91(73,74)75)87-52-46(86-48-38(65)35(62)29(60)20-77-48)39(66)42(25(3)81-52)84-49-40(67)43(30(61)21-78-49)85-50-41(68)44(76-9)36(63)31(82-50)23-80-90(70,71)72/h12,24-26,29-52,60-68H,10-11,13-23H2,1-9H3,(H,70,71,72)(H,73,74,75). The zero-order chi connectivity index (χ0) is 66.6. The lowest BCUT2D eigenvalue weighted by atomic mass is 9.41. The highest BCUT2D eigenvalue weighted by Crippen LogP contribution is 2.75. The molecule has 33 heteroatoms. The second kappa shape index (κ2) is 26.6. The first kappa shape index (κ1) is 71.6. The Hall–Kier alpha value is -2.18. The highest BCUT2D eigenvalue weighted by atomic mass is 32.3. The van der Waals surface area contributed by atoms with Crippen LogP contribution in [0.2, 0.25) is 0 Å². The van der Waals surface area contributed by atoms with Crippen LogP contribution in [-0.4, -0.2) is 264 Å². The van der Waals surface area contributed by atoms with Crippen LogP contribution in [0.3, 0.4) is 0 Å². The number of rotatable bonds is 20. The molecule has 91 heavy (non-hydrogen) atoms. The normalized spacial score (nSPS) is 49.3. The molecule has 30 atom stereocenters. The van der Waals surface area contributed by atoms with Crippen molar-refractivity contribution in [3.63, 3.8) is 0 Å². The molecule has 0 radical (unpaired) electrons. The minimum absolute atomic E-state index is 0.0210. The van der Waals surface area contributed by atoms with Crippen molar-refractivity contribution in [2.24, 2.45) is 45.3 Å². The maximum Gasteiger partial charge on any atom is 0.397 e. The van der Waals surface area contributed by atoms with Gasteiger partial charge in [-0.15, -0.1) is 0 Å². The first-order valence-corrected chi connectivity index (χ1v) is 34.0. The largest absolute Gasteiger partial charge is 0.458 e. The minimum Gasteiger partial charge on any atom is -0.458 e. The van der Waals surface area contributed by atoms with E-state index in [9.17, 15) is 76.9 Å². The fraction of sp³-hybridized carbons (Fsp3) is 0.931. The lowest BCUT2D eigenvalue weighted by molar-refractivity contribution is -0.399. The van der Waals surface area contributed by atoms with Crippen LogP contribution in [0, 0.1) is 45.3 Å². The van der Waals surface area contributed by atoms with Crippen LogP contribution >= 0.6 is 0 Å². The second-order valence-electron chi connectivity index (χ2n) is 28.2. The van der Waals surface area contributed by atoms with E-state index < -0.39 is 216 Å². The van der Waals surface area contributed by atoms with Crippen LogP contribution in [0.15, 0.2) is 11.6 Å². The number of hydrogen-bond acceptors (Lipinski definition) is 29. The van der Waals surface area contributed by atoms with Crippen molar-refractivity contribution in [3.05, 3.63) is 11.6 Å². The van der Waals surface area contributed by atoms with E-state index in [2.05, 4.69) is 38.0 Å². The van der Waals surface area contributed by atoms with Crippen LogP contribution in [0.25, 0.3) is 0 Å². The first-order valence-electron chi connectivity index (χ1n) is 31.2. The third-order valence-corrected chi connectivity index (χ3v) is 22.7. The number of allylic oxidation sites excluding steroid dienone is 2. The Labute approximate surface area is 528 Å². The van der Waals surface area contributed by atoms with Crippen LogP contribution in [0.5, 0.6) is 0 Å². The minimum atomic E-state index is -5.28. The summed E-state index contributed by atoms with van der Waals surface area (Å²) in [4.78, 5) is 28.9. The van der Waals surface area contributed by atoms with Crippen molar-refractivity contribution < 1.29 is 147 Å². The number of hydrogen-bond donors (Lipinski definition) is 11. The number of Topliss-reactive ketones (excluding diaryl/α,β-unsaturated/α-hetero) is 1. The summed E-state index contributed by atoms with van der Waals surface area (Å²) >= 11 is 0. The number of cyclic esters (lactones) is 1. The molecule has 522 valence electrons. The van der Waals surface area contributed by atoms with Crippen molar-refractivity contribution in [2.45, 2.75) is 260 Å². The molecule has 9 fully saturated rings. The van der Waals surface area contributed by atoms with Gasteiger partial charge in [0, 0.05) is 18.9 Å². The van der Waals surface area contributed by atoms with Crippen LogP contribution in [0.4, 0.5) is 0 Å². The van der Waals surface area contributed by atoms with Gasteiger partial charge in [0.2, 0.25) is 0 Å². The van der Waals surface area contributed by atoms with E-state index in [1.54, 1.807) is 0 Å². The molecule has 0 aromatic heterocycles. The van der Waals surface area contributed by atoms with Gasteiger partial charge in [0.15, 0.2) is 31.5 Å². The number of methoxy groups -OCH3 is 1. The molecule has 0 aromatic carbocycles. The van der Waals surface area contributed by atoms with Gasteiger partial charge >= 0.3 is 26.8 Å². The van der Waals surface area contributed by atoms with E-state index in [4.69, 9.17) is 65.6 Å². The SMILES string of the molecule is COC1C(O)C(COS(=O)(=O)O)OC(OC2C(O)COC(OC3C(C)OC(OC4C(OC5CCC6(C)C7CCC89C(=O)OC(C)(CCCC(C)C)C8C(=O)CC9(C)C7=CCC6C5(C)C)OCC(OS(=O)(=O)O)C4O)C(OC4OCC(O)C(O)C4O)C3O)C2O)C1O. The quantitative estimate of drug-likeness (QED) is 0.0380. The molecular weight excluding hydrogens is 1260 g/mol. The highest BCUT2D eigenvalue weighted by molar-refractivity contribution is 7.81. The lowest BCUT2D eigenvalue weighted by Crippen LogP contribution is -2.67. The van der Waals surface area contributed by atoms with E-state index in [0.717, 1.165) is 25.5 Å². The summed E-state index contributed by atoms with van der Waals surface area (Å²) in [5.74, 6) is -0.472. The molecular formula is C58H92O31S2. The number of fused-ring (bicyclic) bond motifs is 4. The van der Waals surface area contributed by atoms with Gasteiger partial charge in [0.1, 0.15) is 109 Å². The zero-order valence-corrected chi connectivity index (χ0v) is 53.9. The molecule has 4 aliphatic carbocycles. The number of esters is 1. The van der Waals surface area contributed by atoms with Gasteiger partial charge < -0.3 is 103 Å². The molecule has 6 saturated heterocycles.